The van der Waals surface area contributed by atoms with Gasteiger partial charge in [0.1, 0.15) is 10.7 Å². The molecule has 30 heavy (non-hydrogen) atoms. The summed E-state index contributed by atoms with van der Waals surface area (Å²) >= 11 is 0. The van der Waals surface area contributed by atoms with Crippen LogP contribution in [-0.2, 0) is 16.6 Å². The van der Waals surface area contributed by atoms with Gasteiger partial charge in [0.2, 0.25) is 0 Å². The number of aromatic nitrogens is 3. The lowest BCUT2D eigenvalue weighted by Gasteiger charge is -2.25. The number of hydrogen-bond acceptors (Lipinski definition) is 4. The Balaban J connectivity index is 1.90. The van der Waals surface area contributed by atoms with Crippen LogP contribution in [0.2, 0.25) is 0 Å². The van der Waals surface area contributed by atoms with Crippen molar-refractivity contribution >= 4 is 21.4 Å². The molecule has 0 N–H and O–H groups in total. The van der Waals surface area contributed by atoms with Gasteiger partial charge in [-0.05, 0) is 68.7 Å². The molecule has 0 atom stereocenters. The Bertz CT molecular complexity index is 1310. The average Bonchev–Trinajstić information content (AvgIpc) is 3.07. The first kappa shape index (κ1) is 20.1. The van der Waals surface area contributed by atoms with Gasteiger partial charge >= 0.3 is 0 Å². The van der Waals surface area contributed by atoms with Gasteiger partial charge in [0.05, 0.1) is 12.2 Å². The van der Waals surface area contributed by atoms with E-state index < -0.39 is 10.0 Å². The summed E-state index contributed by atoms with van der Waals surface area (Å²) in [6.45, 7) is 7.96. The summed E-state index contributed by atoms with van der Waals surface area (Å²) in [7, 11) is -3.90. The third kappa shape index (κ3) is 3.68. The molecule has 0 amide bonds. The van der Waals surface area contributed by atoms with Crippen molar-refractivity contribution in [2.45, 2.75) is 39.1 Å². The number of rotatable bonds is 5. The summed E-state index contributed by atoms with van der Waals surface area (Å²) in [5, 5.41) is 8.18. The number of aryl methyl sites for hydroxylation is 4. The second kappa shape index (κ2) is 7.57. The molecule has 0 radical (unpaired) electrons. The quantitative estimate of drug-likeness (QED) is 0.481. The summed E-state index contributed by atoms with van der Waals surface area (Å²) in [6.07, 6.45) is 1.77. The van der Waals surface area contributed by atoms with E-state index in [1.54, 1.807) is 29.7 Å². The number of hydrogen-bond donors (Lipinski definition) is 0. The highest BCUT2D eigenvalue weighted by Gasteiger charge is 2.29. The Labute approximate surface area is 176 Å². The van der Waals surface area contributed by atoms with Gasteiger partial charge in [-0.25, -0.2) is 8.42 Å². The fraction of sp³-hybridized carbons (Fsp3) is 0.217. The fourth-order valence-corrected chi connectivity index (χ4v) is 5.16. The van der Waals surface area contributed by atoms with E-state index in [1.165, 1.54) is 4.31 Å². The van der Waals surface area contributed by atoms with Gasteiger partial charge in [-0.1, -0.05) is 35.9 Å². The Morgan fingerprint density at radius 1 is 0.867 bits per heavy atom. The second-order valence-electron chi connectivity index (χ2n) is 7.66. The highest BCUT2D eigenvalue weighted by molar-refractivity contribution is 7.93. The van der Waals surface area contributed by atoms with E-state index in [4.69, 9.17) is 0 Å². The largest absolute Gasteiger partial charge is 0.286 e. The van der Waals surface area contributed by atoms with Crippen LogP contribution in [0.15, 0.2) is 65.7 Å². The van der Waals surface area contributed by atoms with Crippen LogP contribution < -0.4 is 4.31 Å². The third-order valence-corrected chi connectivity index (χ3v) is 6.87. The van der Waals surface area contributed by atoms with Crippen molar-refractivity contribution in [3.05, 3.63) is 88.9 Å². The van der Waals surface area contributed by atoms with E-state index in [2.05, 4.69) is 10.2 Å². The molecule has 2 aromatic carbocycles. The molecule has 0 saturated heterocycles. The molecular weight excluding hydrogens is 396 g/mol. The highest BCUT2D eigenvalue weighted by Crippen LogP contribution is 2.29. The molecule has 7 heteroatoms. The molecule has 0 fully saturated rings. The minimum Gasteiger partial charge on any atom is -0.286 e. The molecule has 2 heterocycles. The zero-order valence-electron chi connectivity index (χ0n) is 17.5. The van der Waals surface area contributed by atoms with Gasteiger partial charge in [0, 0.05) is 6.20 Å². The molecule has 4 aromatic rings. The van der Waals surface area contributed by atoms with E-state index >= 15 is 0 Å². The molecule has 2 aromatic heterocycles. The van der Waals surface area contributed by atoms with E-state index in [0.29, 0.717) is 17.2 Å². The molecule has 154 valence electrons. The molecule has 0 aliphatic carbocycles. The minimum atomic E-state index is -3.90. The van der Waals surface area contributed by atoms with E-state index in [1.807, 2.05) is 63.2 Å². The topological polar surface area (TPSA) is 67.6 Å². The molecule has 0 aliphatic heterocycles. The van der Waals surface area contributed by atoms with E-state index in [9.17, 15) is 8.42 Å². The van der Waals surface area contributed by atoms with Crippen LogP contribution in [0.3, 0.4) is 0 Å². The van der Waals surface area contributed by atoms with Gasteiger partial charge in [0.25, 0.3) is 10.0 Å². The maximum atomic E-state index is 13.9. The van der Waals surface area contributed by atoms with Crippen LogP contribution in [0.25, 0.3) is 5.65 Å². The predicted octanol–water partition coefficient (Wildman–Crippen LogP) is 4.36. The molecular formula is C23H24N4O2S. The first-order chi connectivity index (χ1) is 14.3. The Hall–Kier alpha value is -3.19. The molecule has 0 aliphatic rings. The maximum Gasteiger partial charge on any atom is 0.268 e. The first-order valence-electron chi connectivity index (χ1n) is 9.72. The van der Waals surface area contributed by atoms with Crippen molar-refractivity contribution in [2.75, 3.05) is 4.31 Å². The maximum absolute atomic E-state index is 13.9. The number of nitrogens with zero attached hydrogens (tertiary/aromatic N) is 4. The minimum absolute atomic E-state index is 0.136. The molecule has 0 saturated carbocycles. The lowest BCUT2D eigenvalue weighted by Crippen LogP contribution is -2.31. The third-order valence-electron chi connectivity index (χ3n) is 5.08. The van der Waals surface area contributed by atoms with Gasteiger partial charge in [-0.2, -0.15) is 0 Å². The van der Waals surface area contributed by atoms with Crippen molar-refractivity contribution < 1.29 is 8.42 Å². The Kier molecular flexibility index (Phi) is 5.07. The SMILES string of the molecule is Cc1ccc(CN(c2cc(C)cc(C)c2)S(=O)(=O)c2cccn3c(C)nnc23)cc1. The number of fused-ring (bicyclic) bond motifs is 1. The molecule has 4 rings (SSSR count). The standard InChI is InChI=1S/C23H24N4O2S/c1-16-7-9-20(10-8-16)15-27(21-13-17(2)12-18(3)14-21)30(28,29)22-6-5-11-26-19(4)24-25-23(22)26/h5-14H,15H2,1-4H3. The zero-order chi connectivity index (χ0) is 21.5. The second-order valence-corrected chi connectivity index (χ2v) is 9.49. The van der Waals surface area contributed by atoms with Crippen LogP contribution in [0.1, 0.15) is 28.1 Å². The van der Waals surface area contributed by atoms with Crippen molar-refractivity contribution in [1.82, 2.24) is 14.6 Å². The van der Waals surface area contributed by atoms with Crippen molar-refractivity contribution in [3.8, 4) is 0 Å². The van der Waals surface area contributed by atoms with Crippen LogP contribution in [0.4, 0.5) is 5.69 Å². The Morgan fingerprint density at radius 3 is 2.20 bits per heavy atom. The van der Waals surface area contributed by atoms with Crippen LogP contribution in [-0.4, -0.2) is 23.0 Å². The predicted molar refractivity (Wildman–Crippen MR) is 118 cm³/mol. The summed E-state index contributed by atoms with van der Waals surface area (Å²) in [5.74, 6) is 0.638. The number of benzene rings is 2. The Morgan fingerprint density at radius 2 is 1.53 bits per heavy atom. The van der Waals surface area contributed by atoms with Crippen molar-refractivity contribution in [2.24, 2.45) is 0 Å². The smallest absolute Gasteiger partial charge is 0.268 e. The normalized spacial score (nSPS) is 11.7. The summed E-state index contributed by atoms with van der Waals surface area (Å²) < 4.78 is 30.9. The molecule has 0 spiro atoms. The number of sulfonamides is 1. The average molecular weight is 421 g/mol. The van der Waals surface area contributed by atoms with Gasteiger partial charge in [-0.15, -0.1) is 10.2 Å². The number of pyridine rings is 1. The van der Waals surface area contributed by atoms with Crippen LogP contribution in [0.5, 0.6) is 0 Å². The van der Waals surface area contributed by atoms with Crippen molar-refractivity contribution in [3.63, 3.8) is 0 Å². The monoisotopic (exact) mass is 420 g/mol. The lowest BCUT2D eigenvalue weighted by atomic mass is 10.1. The van der Waals surface area contributed by atoms with Gasteiger partial charge in [-0.3, -0.25) is 8.71 Å². The summed E-state index contributed by atoms with van der Waals surface area (Å²) in [4.78, 5) is 0.136. The summed E-state index contributed by atoms with van der Waals surface area (Å²) in [6, 6.07) is 17.0. The van der Waals surface area contributed by atoms with Crippen molar-refractivity contribution in [1.29, 1.82) is 0 Å². The lowest BCUT2D eigenvalue weighted by molar-refractivity contribution is 0.590. The molecule has 6 nitrogen and oxygen atoms in total. The first-order valence-corrected chi connectivity index (χ1v) is 11.2. The zero-order valence-corrected chi connectivity index (χ0v) is 18.3. The van der Waals surface area contributed by atoms with Gasteiger partial charge < -0.3 is 0 Å². The number of anilines is 1. The fourth-order valence-electron chi connectivity index (χ4n) is 3.60. The van der Waals surface area contributed by atoms with E-state index in [0.717, 1.165) is 22.3 Å². The molecule has 0 bridgehead atoms. The van der Waals surface area contributed by atoms with E-state index in [-0.39, 0.29) is 11.4 Å². The molecule has 0 unspecified atom stereocenters. The van der Waals surface area contributed by atoms with Crippen LogP contribution in [0, 0.1) is 27.7 Å². The summed E-state index contributed by atoms with van der Waals surface area (Å²) in [5.41, 5.74) is 5.01. The van der Waals surface area contributed by atoms with Gasteiger partial charge in [0.15, 0.2) is 5.65 Å². The van der Waals surface area contributed by atoms with Crippen LogP contribution >= 0.6 is 0 Å². The highest BCUT2D eigenvalue weighted by atomic mass is 32.2.